The predicted octanol–water partition coefficient (Wildman–Crippen LogP) is 3.67. The standard InChI is InChI=1S/C16H27N3/c1-3-16-8-6-5-7-11-19(16)13-15-12-14(17-4-2)9-10-18-15/h9-10,12,16H,3-8,11,13H2,1-2H3,(H,17,18). The lowest BCUT2D eigenvalue weighted by Gasteiger charge is -2.28. The van der Waals surface area contributed by atoms with Crippen molar-refractivity contribution in [3.8, 4) is 0 Å². The van der Waals surface area contributed by atoms with Crippen molar-refractivity contribution < 1.29 is 0 Å². The first-order valence-electron chi connectivity index (χ1n) is 7.76. The molecule has 19 heavy (non-hydrogen) atoms. The van der Waals surface area contributed by atoms with Crippen LogP contribution in [0.3, 0.4) is 0 Å². The van der Waals surface area contributed by atoms with Crippen molar-refractivity contribution >= 4 is 5.69 Å². The molecule has 1 aliphatic rings. The van der Waals surface area contributed by atoms with E-state index in [2.05, 4.69) is 35.1 Å². The van der Waals surface area contributed by atoms with Gasteiger partial charge in [0, 0.05) is 31.0 Å². The summed E-state index contributed by atoms with van der Waals surface area (Å²) in [5.41, 5.74) is 2.38. The summed E-state index contributed by atoms with van der Waals surface area (Å²) >= 11 is 0. The first kappa shape index (κ1) is 14.3. The number of pyridine rings is 1. The molecule has 0 aromatic carbocycles. The Bertz CT molecular complexity index is 378. The fraction of sp³-hybridized carbons (Fsp3) is 0.688. The smallest absolute Gasteiger partial charge is 0.0564 e. The van der Waals surface area contributed by atoms with Crippen LogP contribution in [-0.4, -0.2) is 29.0 Å². The summed E-state index contributed by atoms with van der Waals surface area (Å²) in [6.07, 6.45) is 8.64. The van der Waals surface area contributed by atoms with E-state index >= 15 is 0 Å². The lowest BCUT2D eigenvalue weighted by Crippen LogP contribution is -2.34. The molecule has 1 fully saturated rings. The Kier molecular flexibility index (Phi) is 5.64. The summed E-state index contributed by atoms with van der Waals surface area (Å²) in [6.45, 7) is 7.63. The molecule has 1 atom stereocenters. The van der Waals surface area contributed by atoms with Crippen LogP contribution in [0.15, 0.2) is 18.3 Å². The minimum absolute atomic E-state index is 0.743. The van der Waals surface area contributed by atoms with Crippen LogP contribution in [0, 0.1) is 0 Å². The third kappa shape index (κ3) is 4.20. The van der Waals surface area contributed by atoms with Crippen molar-refractivity contribution in [1.29, 1.82) is 0 Å². The second-order valence-corrected chi connectivity index (χ2v) is 5.45. The molecule has 3 nitrogen and oxygen atoms in total. The van der Waals surface area contributed by atoms with Gasteiger partial charge in [0.2, 0.25) is 0 Å². The highest BCUT2D eigenvalue weighted by Gasteiger charge is 2.19. The Labute approximate surface area is 117 Å². The molecule has 0 saturated carbocycles. The van der Waals surface area contributed by atoms with Crippen LogP contribution >= 0.6 is 0 Å². The maximum Gasteiger partial charge on any atom is 0.0564 e. The van der Waals surface area contributed by atoms with Crippen LogP contribution in [0.25, 0.3) is 0 Å². The zero-order valence-corrected chi connectivity index (χ0v) is 12.4. The average Bonchev–Trinajstić information content (AvgIpc) is 2.64. The van der Waals surface area contributed by atoms with Crippen molar-refractivity contribution in [1.82, 2.24) is 9.88 Å². The summed E-state index contributed by atoms with van der Waals surface area (Å²) in [7, 11) is 0. The highest BCUT2D eigenvalue weighted by molar-refractivity contribution is 5.42. The molecule has 1 N–H and O–H groups in total. The van der Waals surface area contributed by atoms with E-state index in [0.29, 0.717) is 0 Å². The molecule has 3 heteroatoms. The summed E-state index contributed by atoms with van der Waals surface area (Å²) in [4.78, 5) is 7.16. The molecule has 1 aromatic rings. The van der Waals surface area contributed by atoms with Gasteiger partial charge in [-0.2, -0.15) is 0 Å². The number of aromatic nitrogens is 1. The van der Waals surface area contributed by atoms with Crippen LogP contribution in [0.5, 0.6) is 0 Å². The molecule has 0 aliphatic carbocycles. The van der Waals surface area contributed by atoms with Gasteiger partial charge in [-0.3, -0.25) is 9.88 Å². The molecular weight excluding hydrogens is 234 g/mol. The van der Waals surface area contributed by atoms with Gasteiger partial charge in [0.1, 0.15) is 0 Å². The van der Waals surface area contributed by atoms with Crippen LogP contribution < -0.4 is 5.32 Å². The zero-order chi connectivity index (χ0) is 13.5. The largest absolute Gasteiger partial charge is 0.385 e. The van der Waals surface area contributed by atoms with Crippen LogP contribution in [-0.2, 0) is 6.54 Å². The summed E-state index contributed by atoms with van der Waals surface area (Å²) in [5.74, 6) is 0. The lowest BCUT2D eigenvalue weighted by molar-refractivity contribution is 0.184. The molecular formula is C16H27N3. The van der Waals surface area contributed by atoms with Gasteiger partial charge in [0.25, 0.3) is 0 Å². The van der Waals surface area contributed by atoms with Crippen molar-refractivity contribution in [3.63, 3.8) is 0 Å². The van der Waals surface area contributed by atoms with Crippen LogP contribution in [0.4, 0.5) is 5.69 Å². The zero-order valence-electron chi connectivity index (χ0n) is 12.4. The number of rotatable bonds is 5. The van der Waals surface area contributed by atoms with Gasteiger partial charge in [0.15, 0.2) is 0 Å². The van der Waals surface area contributed by atoms with Crippen LogP contribution in [0.2, 0.25) is 0 Å². The second kappa shape index (κ2) is 7.49. The molecule has 0 amide bonds. The van der Waals surface area contributed by atoms with E-state index in [9.17, 15) is 0 Å². The Morgan fingerprint density at radius 2 is 2.21 bits per heavy atom. The molecule has 1 saturated heterocycles. The van der Waals surface area contributed by atoms with Gasteiger partial charge in [0.05, 0.1) is 5.69 Å². The Balaban J connectivity index is 2.03. The fourth-order valence-electron chi connectivity index (χ4n) is 2.99. The number of hydrogen-bond donors (Lipinski definition) is 1. The SMILES string of the molecule is CCNc1ccnc(CN2CCCCCC2CC)c1. The van der Waals surface area contributed by atoms with Crippen molar-refractivity contribution in [3.05, 3.63) is 24.0 Å². The Morgan fingerprint density at radius 1 is 1.32 bits per heavy atom. The first-order chi connectivity index (χ1) is 9.33. The molecule has 1 aliphatic heterocycles. The van der Waals surface area contributed by atoms with E-state index in [0.717, 1.165) is 19.1 Å². The van der Waals surface area contributed by atoms with Crippen molar-refractivity contribution in [2.75, 3.05) is 18.4 Å². The van der Waals surface area contributed by atoms with Gasteiger partial charge < -0.3 is 5.32 Å². The maximum absolute atomic E-state index is 4.53. The van der Waals surface area contributed by atoms with E-state index in [-0.39, 0.29) is 0 Å². The van der Waals surface area contributed by atoms with Crippen molar-refractivity contribution in [2.24, 2.45) is 0 Å². The Hall–Kier alpha value is -1.09. The number of nitrogens with zero attached hydrogens (tertiary/aromatic N) is 2. The summed E-state index contributed by atoms with van der Waals surface area (Å²) in [6, 6.07) is 4.99. The predicted molar refractivity (Wildman–Crippen MR) is 81.4 cm³/mol. The molecule has 0 spiro atoms. The average molecular weight is 261 g/mol. The van der Waals surface area contributed by atoms with Gasteiger partial charge in [-0.05, 0) is 44.9 Å². The van der Waals surface area contributed by atoms with Gasteiger partial charge in [-0.15, -0.1) is 0 Å². The number of anilines is 1. The summed E-state index contributed by atoms with van der Waals surface area (Å²) < 4.78 is 0. The van der Waals surface area contributed by atoms with Gasteiger partial charge in [-0.1, -0.05) is 19.8 Å². The molecule has 1 unspecified atom stereocenters. The van der Waals surface area contributed by atoms with Crippen molar-refractivity contribution in [2.45, 2.75) is 58.5 Å². The monoisotopic (exact) mass is 261 g/mol. The molecule has 0 radical (unpaired) electrons. The molecule has 2 heterocycles. The molecule has 2 rings (SSSR count). The Morgan fingerprint density at radius 3 is 3.00 bits per heavy atom. The van der Waals surface area contributed by atoms with Crippen LogP contribution in [0.1, 0.15) is 51.6 Å². The second-order valence-electron chi connectivity index (χ2n) is 5.45. The topological polar surface area (TPSA) is 28.2 Å². The van der Waals surface area contributed by atoms with E-state index in [1.807, 2.05) is 12.3 Å². The molecule has 0 bridgehead atoms. The first-order valence-corrected chi connectivity index (χ1v) is 7.76. The fourth-order valence-corrected chi connectivity index (χ4v) is 2.99. The minimum Gasteiger partial charge on any atom is -0.385 e. The summed E-state index contributed by atoms with van der Waals surface area (Å²) in [5, 5.41) is 3.36. The van der Waals surface area contributed by atoms with E-state index < -0.39 is 0 Å². The normalized spacial score (nSPS) is 21.1. The lowest BCUT2D eigenvalue weighted by atomic mass is 10.1. The highest BCUT2D eigenvalue weighted by Crippen LogP contribution is 2.21. The minimum atomic E-state index is 0.743. The van der Waals surface area contributed by atoms with Gasteiger partial charge >= 0.3 is 0 Å². The molecule has 106 valence electrons. The number of nitrogens with one attached hydrogen (secondary N) is 1. The molecule has 1 aromatic heterocycles. The van der Waals surface area contributed by atoms with E-state index in [1.165, 1.54) is 50.0 Å². The number of likely N-dealkylation sites (tertiary alicyclic amines) is 1. The third-order valence-corrected chi connectivity index (χ3v) is 4.03. The van der Waals surface area contributed by atoms with E-state index in [1.54, 1.807) is 0 Å². The maximum atomic E-state index is 4.53. The van der Waals surface area contributed by atoms with Gasteiger partial charge in [-0.25, -0.2) is 0 Å². The third-order valence-electron chi connectivity index (χ3n) is 4.03. The highest BCUT2D eigenvalue weighted by atomic mass is 15.2. The van der Waals surface area contributed by atoms with E-state index in [4.69, 9.17) is 0 Å². The number of hydrogen-bond acceptors (Lipinski definition) is 3. The quantitative estimate of drug-likeness (QED) is 0.876.